The van der Waals surface area contributed by atoms with Gasteiger partial charge in [0, 0.05) is 0 Å². The van der Waals surface area contributed by atoms with E-state index in [4.69, 9.17) is 11.0 Å². The van der Waals surface area contributed by atoms with Crippen LogP contribution in [0.25, 0.3) is 0 Å². The first kappa shape index (κ1) is 29.5. The van der Waals surface area contributed by atoms with Crippen LogP contribution in [0.2, 0.25) is 0 Å². The molecule has 0 atom stereocenters. The third kappa shape index (κ3) is 7790. The average molecular weight is 388 g/mol. The first-order valence-electron chi connectivity index (χ1n) is 2.83. The van der Waals surface area contributed by atoms with Crippen LogP contribution in [0, 0.1) is 24.5 Å². The summed E-state index contributed by atoms with van der Waals surface area (Å²) in [6.45, 7) is 11.7. The third-order valence-corrected chi connectivity index (χ3v) is 0. The molecule has 0 aliphatic rings. The molecule has 0 radical (unpaired) electrons. The molecule has 12 heavy (non-hydrogen) atoms. The molecule has 5 heteroatoms. The third-order valence-electron chi connectivity index (χ3n) is 0. The van der Waals surface area contributed by atoms with Crippen LogP contribution in [0.4, 0.5) is 0 Å². The van der Waals surface area contributed by atoms with E-state index in [9.17, 15) is 0 Å². The molecule has 0 saturated carbocycles. The fourth-order valence-electron chi connectivity index (χ4n) is 0. The summed E-state index contributed by atoms with van der Waals surface area (Å²) in [5.74, 6) is 0. The molecule has 0 amide bonds. The molecule has 0 bridgehead atoms. The Hall–Kier alpha value is 0.340. The normalized spacial score (nSPS) is 3.67. The van der Waals surface area contributed by atoms with Crippen molar-refractivity contribution in [2.75, 3.05) is 0 Å². The molecular weight excluding hydrogens is 373 g/mol. The van der Waals surface area contributed by atoms with Gasteiger partial charge in [-0.25, -0.2) is 5.26 Å². The van der Waals surface area contributed by atoms with E-state index < -0.39 is 0 Å². The summed E-state index contributed by atoms with van der Waals surface area (Å²) in [5.41, 5.74) is 4.84. The van der Waals surface area contributed by atoms with Crippen molar-refractivity contribution in [2.24, 2.45) is 5.73 Å². The molecule has 0 aliphatic heterocycles. The summed E-state index contributed by atoms with van der Waals surface area (Å²) in [6.07, 6.45) is 0. The van der Waals surface area contributed by atoms with Crippen LogP contribution in [-0.2, 0) is 35.0 Å². The average Bonchev–Trinajstić information content (AvgIpc) is 1.96. The Bertz CT molecular complexity index is 87.9. The summed E-state index contributed by atoms with van der Waals surface area (Å²) >= 11 is 8.01. The van der Waals surface area contributed by atoms with Crippen LogP contribution in [0.1, 0.15) is 20.8 Å². The maximum Gasteiger partial charge on any atom is 3.00 e. The predicted octanol–water partition coefficient (Wildman–Crippen LogP) is 1.99. The maximum absolute atomic E-state index is 7.13. The number of nitriles is 1. The number of hydrogen-bond acceptors (Lipinski definition) is 3. The second kappa shape index (κ2) is 64.4. The minimum absolute atomic E-state index is 0. The Morgan fingerprint density at radius 1 is 1.42 bits per heavy atom. The predicted molar refractivity (Wildman–Crippen MR) is 57.5 cm³/mol. The van der Waals surface area contributed by atoms with Gasteiger partial charge >= 0.3 is 22.4 Å². The summed E-state index contributed by atoms with van der Waals surface area (Å²) in [6, 6.07) is 0. The smallest absolute Gasteiger partial charge is 0.696 e. The van der Waals surface area contributed by atoms with Crippen molar-refractivity contribution in [2.45, 2.75) is 20.8 Å². The van der Waals surface area contributed by atoms with Crippen molar-refractivity contribution >= 4 is 29.8 Å². The molecule has 0 aromatic rings. The van der Waals surface area contributed by atoms with E-state index in [-0.39, 0.29) is 22.4 Å². The van der Waals surface area contributed by atoms with Gasteiger partial charge in [-0.15, -0.1) is 0 Å². The molecule has 76 valence electrons. The number of thiocarbonyl (C=S) groups is 1. The van der Waals surface area contributed by atoms with E-state index in [1.807, 2.05) is 0 Å². The van der Waals surface area contributed by atoms with Gasteiger partial charge in [-0.05, 0) is 6.92 Å². The molecule has 0 spiro atoms. The van der Waals surface area contributed by atoms with Gasteiger partial charge in [-0.3, -0.25) is 0 Å². The van der Waals surface area contributed by atoms with Crippen molar-refractivity contribution in [3.8, 4) is 5.40 Å². The molecule has 2 N–H and O–H groups in total. The first-order valence-corrected chi connectivity index (χ1v) is 3.65. The minimum Gasteiger partial charge on any atom is -0.696 e. The zero-order chi connectivity index (χ0) is 10.3. The zero-order valence-electron chi connectivity index (χ0n) is 7.56. The van der Waals surface area contributed by atoms with Crippen molar-refractivity contribution in [1.82, 2.24) is 0 Å². The van der Waals surface area contributed by atoms with E-state index in [1.165, 1.54) is 5.40 Å². The van der Waals surface area contributed by atoms with Gasteiger partial charge in [-0.1, -0.05) is 17.6 Å². The quantitative estimate of drug-likeness (QED) is 0.227. The topological polar surface area (TPSA) is 49.8 Å². The van der Waals surface area contributed by atoms with Crippen molar-refractivity contribution in [3.63, 3.8) is 0 Å². The molecule has 0 aromatic carbocycles. The monoisotopic (exact) mass is 388 g/mol. The summed E-state index contributed by atoms with van der Waals surface area (Å²) in [5, 5.41) is 8.47. The van der Waals surface area contributed by atoms with E-state index in [2.05, 4.69) is 38.7 Å². The standard InChI is InChI=1S/C2H5NS.2C2H5.CHNS.Au/c1-2(3)4;2*1-2;2-1-3;/h1H3,(H2,3,4);2*1H2,2H3;3H;/q;2*-1;;+3/p-1. The van der Waals surface area contributed by atoms with Crippen LogP contribution >= 0.6 is 12.2 Å². The van der Waals surface area contributed by atoms with Crippen LogP contribution in [0.5, 0.6) is 0 Å². The van der Waals surface area contributed by atoms with Gasteiger partial charge in [0.2, 0.25) is 0 Å². The van der Waals surface area contributed by atoms with Crippen LogP contribution in [0.15, 0.2) is 0 Å². The Balaban J connectivity index is -0.0000000186. The van der Waals surface area contributed by atoms with Gasteiger partial charge in [0.15, 0.2) is 0 Å². The molecule has 0 unspecified atom stereocenters. The number of nitrogens with zero attached hydrogens (tertiary/aromatic N) is 1. The van der Waals surface area contributed by atoms with Crippen molar-refractivity contribution in [1.29, 1.82) is 5.26 Å². The van der Waals surface area contributed by atoms with E-state index in [0.29, 0.717) is 4.99 Å². The molecule has 0 heterocycles. The molecule has 0 saturated heterocycles. The van der Waals surface area contributed by atoms with Gasteiger partial charge < -0.3 is 32.2 Å². The number of nitrogens with two attached hydrogens (primary N) is 1. The number of hydrogen-bond donors (Lipinski definition) is 1. The summed E-state index contributed by atoms with van der Waals surface area (Å²) in [4.78, 5) is 0.500. The molecule has 0 rings (SSSR count). The SMILES string of the molecule is CC(N)=S.N#C[S-].[Au+3].[CH2-]C.[CH2-]C. The Morgan fingerprint density at radius 2 is 1.42 bits per heavy atom. The molecule has 0 aliphatic carbocycles. The molecule has 0 fully saturated rings. The van der Waals surface area contributed by atoms with Crippen LogP contribution < -0.4 is 5.73 Å². The first-order chi connectivity index (χ1) is 5.15. The number of thiocyanates is 1. The molecule has 0 aromatic heterocycles. The summed E-state index contributed by atoms with van der Waals surface area (Å²) in [7, 11) is 0. The van der Waals surface area contributed by atoms with Crippen molar-refractivity contribution < 1.29 is 22.4 Å². The zero-order valence-corrected chi connectivity index (χ0v) is 11.4. The van der Waals surface area contributed by atoms with Crippen LogP contribution in [0.3, 0.4) is 0 Å². The molecular formula is C7H15AuN2S2. The fraction of sp³-hybridized carbons (Fsp3) is 0.429. The second-order valence-corrected chi connectivity index (χ2v) is 1.53. The summed E-state index contributed by atoms with van der Waals surface area (Å²) < 4.78 is 0. The maximum atomic E-state index is 7.13. The fourth-order valence-corrected chi connectivity index (χ4v) is 0. The largest absolute Gasteiger partial charge is 3.00 e. The van der Waals surface area contributed by atoms with Gasteiger partial charge in [-0.2, -0.15) is 13.8 Å². The van der Waals surface area contributed by atoms with Crippen molar-refractivity contribution in [3.05, 3.63) is 13.8 Å². The minimum atomic E-state index is 0. The van der Waals surface area contributed by atoms with Crippen LogP contribution in [-0.4, -0.2) is 4.99 Å². The molecule has 2 nitrogen and oxygen atoms in total. The Morgan fingerprint density at radius 3 is 1.42 bits per heavy atom. The Labute approximate surface area is 103 Å². The van der Waals surface area contributed by atoms with Gasteiger partial charge in [0.05, 0.1) is 4.99 Å². The van der Waals surface area contributed by atoms with E-state index in [0.717, 1.165) is 0 Å². The van der Waals surface area contributed by atoms with Gasteiger partial charge in [0.25, 0.3) is 0 Å². The Kier molecular flexibility index (Phi) is 158. The van der Waals surface area contributed by atoms with E-state index in [1.54, 1.807) is 20.8 Å². The number of rotatable bonds is 0. The second-order valence-electron chi connectivity index (χ2n) is 0.702. The van der Waals surface area contributed by atoms with Gasteiger partial charge in [0.1, 0.15) is 0 Å². The van der Waals surface area contributed by atoms with E-state index >= 15 is 0 Å².